The van der Waals surface area contributed by atoms with E-state index in [1.54, 1.807) is 6.07 Å². The van der Waals surface area contributed by atoms with E-state index in [2.05, 4.69) is 4.98 Å². The van der Waals surface area contributed by atoms with E-state index in [9.17, 15) is 18.0 Å². The van der Waals surface area contributed by atoms with Gasteiger partial charge in [0.2, 0.25) is 0 Å². The number of aromatic amines is 1. The molecular weight excluding hydrogens is 299 g/mol. The summed E-state index contributed by atoms with van der Waals surface area (Å²) in [7, 11) is 0. The second-order valence-electron chi connectivity index (χ2n) is 5.34. The number of H-pyrrole nitrogens is 1. The largest absolute Gasteiger partial charge is 0.427 e. The van der Waals surface area contributed by atoms with Crippen molar-refractivity contribution in [2.75, 3.05) is 6.61 Å². The first-order valence-electron chi connectivity index (χ1n) is 6.77. The van der Waals surface area contributed by atoms with Crippen molar-refractivity contribution in [1.82, 2.24) is 4.98 Å². The van der Waals surface area contributed by atoms with Crippen LogP contribution in [0.5, 0.6) is 0 Å². The van der Waals surface area contributed by atoms with Gasteiger partial charge in [-0.2, -0.15) is 13.2 Å². The number of rotatable bonds is 1. The number of carbonyl (C=O) groups is 1. The van der Waals surface area contributed by atoms with Crippen molar-refractivity contribution in [2.45, 2.75) is 32.2 Å². The molecule has 1 N–H and O–H groups in total. The number of hydrogen-bond acceptors (Lipinski definition) is 3. The number of alkyl halides is 3. The molecule has 2 heterocycles. The predicted octanol–water partition coefficient (Wildman–Crippen LogP) is 3.50. The number of hydrogen-bond donors (Lipinski definition) is 1. The van der Waals surface area contributed by atoms with Crippen molar-refractivity contribution in [1.29, 1.82) is 0 Å². The van der Waals surface area contributed by atoms with Crippen LogP contribution < -0.4 is 0 Å². The van der Waals surface area contributed by atoms with E-state index in [1.165, 1.54) is 19.9 Å². The molecule has 0 saturated heterocycles. The lowest BCUT2D eigenvalue weighted by atomic mass is 10.00. The Labute approximate surface area is 124 Å². The van der Waals surface area contributed by atoms with Crippen molar-refractivity contribution in [3.05, 3.63) is 35.0 Å². The van der Waals surface area contributed by atoms with E-state index in [1.807, 2.05) is 0 Å². The number of aromatic nitrogens is 1. The summed E-state index contributed by atoms with van der Waals surface area (Å²) in [5.74, 6) is -1.97. The molecule has 2 aromatic rings. The number of nitrogens with one attached hydrogen (secondary N) is 1. The molecule has 118 valence electrons. The van der Waals surface area contributed by atoms with Gasteiger partial charge in [-0.05, 0) is 18.1 Å². The van der Waals surface area contributed by atoms with Gasteiger partial charge in [0.05, 0.1) is 23.4 Å². The Morgan fingerprint density at radius 3 is 2.77 bits per heavy atom. The number of benzene rings is 1. The maximum atomic E-state index is 13.1. The number of fused-ring (bicyclic) bond motifs is 3. The molecule has 22 heavy (non-hydrogen) atoms. The highest BCUT2D eigenvalue weighted by molar-refractivity contribution is 5.88. The Kier molecular flexibility index (Phi) is 3.21. The third kappa shape index (κ3) is 2.25. The van der Waals surface area contributed by atoms with Crippen LogP contribution in [-0.2, 0) is 32.7 Å². The number of para-hydroxylation sites is 1. The zero-order valence-electron chi connectivity index (χ0n) is 12.0. The van der Waals surface area contributed by atoms with Crippen molar-refractivity contribution in [3.8, 4) is 0 Å². The van der Waals surface area contributed by atoms with Gasteiger partial charge in [0, 0.05) is 19.2 Å². The summed E-state index contributed by atoms with van der Waals surface area (Å²) in [6.45, 7) is 3.02. The lowest BCUT2D eigenvalue weighted by Gasteiger charge is -2.32. The van der Waals surface area contributed by atoms with Crippen LogP contribution in [0.1, 0.15) is 30.7 Å². The van der Waals surface area contributed by atoms with Gasteiger partial charge in [0.1, 0.15) is 0 Å². The first kappa shape index (κ1) is 14.9. The minimum absolute atomic E-state index is 0.0103. The average molecular weight is 313 g/mol. The third-order valence-corrected chi connectivity index (χ3v) is 3.77. The molecule has 1 atom stereocenters. The molecule has 0 fully saturated rings. The normalized spacial score (nSPS) is 21.7. The van der Waals surface area contributed by atoms with Crippen molar-refractivity contribution >= 4 is 16.9 Å². The quantitative estimate of drug-likeness (QED) is 0.820. The van der Waals surface area contributed by atoms with Crippen LogP contribution in [0.3, 0.4) is 0 Å². The monoisotopic (exact) mass is 313 g/mol. The van der Waals surface area contributed by atoms with Crippen LogP contribution in [0.2, 0.25) is 0 Å². The van der Waals surface area contributed by atoms with Crippen LogP contribution >= 0.6 is 0 Å². The maximum Gasteiger partial charge on any atom is 0.418 e. The highest BCUT2D eigenvalue weighted by Crippen LogP contribution is 2.41. The van der Waals surface area contributed by atoms with Crippen molar-refractivity contribution < 1.29 is 27.4 Å². The molecule has 0 spiro atoms. The number of esters is 1. The van der Waals surface area contributed by atoms with E-state index in [-0.39, 0.29) is 12.1 Å². The van der Waals surface area contributed by atoms with Crippen LogP contribution in [0.15, 0.2) is 18.2 Å². The lowest BCUT2D eigenvalue weighted by molar-refractivity contribution is -0.234. The molecule has 0 aliphatic carbocycles. The molecule has 0 amide bonds. The summed E-state index contributed by atoms with van der Waals surface area (Å²) in [5.41, 5.74) is 0.296. The van der Waals surface area contributed by atoms with E-state index in [4.69, 9.17) is 9.47 Å². The van der Waals surface area contributed by atoms with Gasteiger partial charge < -0.3 is 14.5 Å². The summed E-state index contributed by atoms with van der Waals surface area (Å²) in [6.07, 6.45) is -4.01. The molecule has 4 nitrogen and oxygen atoms in total. The molecular formula is C15H14F3NO3. The van der Waals surface area contributed by atoms with Gasteiger partial charge in [0.25, 0.3) is 5.79 Å². The fraction of sp³-hybridized carbons (Fsp3) is 0.400. The Balaban J connectivity index is 2.25. The Morgan fingerprint density at radius 1 is 1.41 bits per heavy atom. The van der Waals surface area contributed by atoms with Crippen LogP contribution in [0, 0.1) is 0 Å². The fourth-order valence-electron chi connectivity index (χ4n) is 2.93. The summed E-state index contributed by atoms with van der Waals surface area (Å²) < 4.78 is 50.1. The molecule has 0 radical (unpaired) electrons. The average Bonchev–Trinajstić information content (AvgIpc) is 2.77. The van der Waals surface area contributed by atoms with Crippen molar-refractivity contribution in [3.63, 3.8) is 0 Å². The lowest BCUT2D eigenvalue weighted by Crippen LogP contribution is -2.36. The second-order valence-corrected chi connectivity index (χ2v) is 5.34. The van der Waals surface area contributed by atoms with Gasteiger partial charge in [-0.1, -0.05) is 12.1 Å². The summed E-state index contributed by atoms with van der Waals surface area (Å²) in [4.78, 5) is 14.0. The summed E-state index contributed by atoms with van der Waals surface area (Å²) in [6, 6.07) is 4.02. The van der Waals surface area contributed by atoms with E-state index in [0.29, 0.717) is 23.1 Å². The zero-order valence-corrected chi connectivity index (χ0v) is 12.0. The van der Waals surface area contributed by atoms with E-state index in [0.717, 1.165) is 6.07 Å². The Morgan fingerprint density at radius 2 is 2.14 bits per heavy atom. The third-order valence-electron chi connectivity index (χ3n) is 3.77. The van der Waals surface area contributed by atoms with Gasteiger partial charge in [-0.3, -0.25) is 4.79 Å². The van der Waals surface area contributed by atoms with Crippen LogP contribution in [0.25, 0.3) is 10.9 Å². The zero-order chi connectivity index (χ0) is 16.1. The highest BCUT2D eigenvalue weighted by Gasteiger charge is 2.41. The molecule has 1 aromatic heterocycles. The van der Waals surface area contributed by atoms with Gasteiger partial charge in [0.15, 0.2) is 0 Å². The molecule has 7 heteroatoms. The predicted molar refractivity (Wildman–Crippen MR) is 72.1 cm³/mol. The standard InChI is InChI=1S/C15H14F3NO3/c1-8(20)22-14(2)13-10(6-7-21-14)9-4-3-5-11(12(9)19-13)15(16,17)18/h3-5,19H,6-7H2,1-2H3. The molecule has 0 bridgehead atoms. The molecule has 1 aromatic carbocycles. The molecule has 0 saturated carbocycles. The van der Waals surface area contributed by atoms with E-state index >= 15 is 0 Å². The number of ether oxygens (including phenoxy) is 2. The Bertz CT molecular complexity index is 750. The van der Waals surface area contributed by atoms with Crippen molar-refractivity contribution in [2.24, 2.45) is 0 Å². The van der Waals surface area contributed by atoms with Gasteiger partial charge in [-0.15, -0.1) is 0 Å². The Hall–Kier alpha value is -2.02. The van der Waals surface area contributed by atoms with Gasteiger partial charge in [-0.25, -0.2) is 0 Å². The summed E-state index contributed by atoms with van der Waals surface area (Å²) in [5, 5.41) is 0.478. The van der Waals surface area contributed by atoms with Gasteiger partial charge >= 0.3 is 12.1 Å². The highest BCUT2D eigenvalue weighted by atomic mass is 19.4. The second kappa shape index (κ2) is 4.74. The minimum Gasteiger partial charge on any atom is -0.427 e. The van der Waals surface area contributed by atoms with E-state index < -0.39 is 23.5 Å². The molecule has 1 unspecified atom stereocenters. The molecule has 3 rings (SSSR count). The molecule has 1 aliphatic rings. The SMILES string of the molecule is CC(=O)OC1(C)OCCc2c1[nH]c1c(C(F)(F)F)cccc21. The fourth-order valence-corrected chi connectivity index (χ4v) is 2.93. The van der Waals surface area contributed by atoms with Crippen LogP contribution in [0.4, 0.5) is 13.2 Å². The smallest absolute Gasteiger partial charge is 0.418 e. The first-order chi connectivity index (χ1) is 10.2. The topological polar surface area (TPSA) is 51.3 Å². The van der Waals surface area contributed by atoms with Crippen LogP contribution in [-0.4, -0.2) is 17.6 Å². The summed E-state index contributed by atoms with van der Waals surface area (Å²) >= 11 is 0. The first-order valence-corrected chi connectivity index (χ1v) is 6.77. The maximum absolute atomic E-state index is 13.1. The molecule has 1 aliphatic heterocycles. The minimum atomic E-state index is -4.47. The number of halogens is 3. The number of carbonyl (C=O) groups excluding carboxylic acids is 1.